The van der Waals surface area contributed by atoms with E-state index in [1.54, 1.807) is 25.1 Å². The molecule has 0 saturated carbocycles. The third kappa shape index (κ3) is 5.82. The van der Waals surface area contributed by atoms with Crippen LogP contribution in [0.4, 0.5) is 5.95 Å². The summed E-state index contributed by atoms with van der Waals surface area (Å²) in [5.41, 5.74) is 2.61. The molecule has 2 heterocycles. The van der Waals surface area contributed by atoms with Crippen LogP contribution in [0.2, 0.25) is 0 Å². The van der Waals surface area contributed by atoms with Crippen LogP contribution in [0.25, 0.3) is 0 Å². The van der Waals surface area contributed by atoms with Crippen LogP contribution in [0.3, 0.4) is 0 Å². The van der Waals surface area contributed by atoms with Crippen molar-refractivity contribution in [3.05, 3.63) is 67.5 Å². The highest BCUT2D eigenvalue weighted by Gasteiger charge is 2.05. The van der Waals surface area contributed by atoms with E-state index in [1.165, 1.54) is 11.5 Å². The number of ether oxygens (including phenoxy) is 1. The maximum Gasteiger partial charge on any atom is 0.255 e. The smallest absolute Gasteiger partial charge is 0.255 e. The van der Waals surface area contributed by atoms with Crippen LogP contribution in [0.5, 0.6) is 5.75 Å². The van der Waals surface area contributed by atoms with Crippen molar-refractivity contribution in [3.8, 4) is 5.75 Å². The predicted octanol–water partition coefficient (Wildman–Crippen LogP) is 3.93. The SMILES string of the molecule is COc1ccc(Cc2cnc(NCCSCc3nscc3Br)[nH]c2=O)cc1. The van der Waals surface area contributed by atoms with Crippen molar-refractivity contribution in [2.45, 2.75) is 12.2 Å². The largest absolute Gasteiger partial charge is 0.497 e. The number of halogens is 1. The Kier molecular flexibility index (Phi) is 7.31. The number of thioether (sulfide) groups is 1. The van der Waals surface area contributed by atoms with Crippen molar-refractivity contribution >= 4 is 45.2 Å². The van der Waals surface area contributed by atoms with E-state index < -0.39 is 0 Å². The van der Waals surface area contributed by atoms with Crippen molar-refractivity contribution in [2.24, 2.45) is 0 Å². The molecule has 0 unspecified atom stereocenters. The third-order valence-electron chi connectivity index (χ3n) is 3.80. The van der Waals surface area contributed by atoms with Gasteiger partial charge >= 0.3 is 0 Å². The number of anilines is 1. The minimum Gasteiger partial charge on any atom is -0.497 e. The van der Waals surface area contributed by atoms with E-state index in [0.29, 0.717) is 24.5 Å². The fourth-order valence-corrected chi connectivity index (χ4v) is 4.59. The molecule has 0 bridgehead atoms. The lowest BCUT2D eigenvalue weighted by Crippen LogP contribution is -2.18. The van der Waals surface area contributed by atoms with Gasteiger partial charge in [0.2, 0.25) is 5.95 Å². The fourth-order valence-electron chi connectivity index (χ4n) is 2.35. The predicted molar refractivity (Wildman–Crippen MR) is 115 cm³/mol. The number of aromatic amines is 1. The lowest BCUT2D eigenvalue weighted by atomic mass is 10.1. The zero-order valence-electron chi connectivity index (χ0n) is 14.7. The standard InChI is InChI=1S/C18H19BrN4O2S2/c1-25-14-4-2-12(3-5-14)8-13-9-21-18(22-17(13)24)20-6-7-26-11-16-15(19)10-27-23-16/h2-5,9-10H,6-8,11H2,1H3,(H2,20,21,22,24). The Bertz CT molecular complexity index is 928. The van der Waals surface area contributed by atoms with Crippen LogP contribution < -0.4 is 15.6 Å². The summed E-state index contributed by atoms with van der Waals surface area (Å²) in [7, 11) is 1.63. The number of nitrogens with one attached hydrogen (secondary N) is 2. The molecule has 2 N–H and O–H groups in total. The van der Waals surface area contributed by atoms with Gasteiger partial charge in [0.25, 0.3) is 5.56 Å². The third-order valence-corrected chi connectivity index (χ3v) is 6.43. The molecule has 2 aromatic heterocycles. The van der Waals surface area contributed by atoms with Gasteiger partial charge in [0.05, 0.1) is 17.3 Å². The molecule has 142 valence electrons. The Labute approximate surface area is 174 Å². The monoisotopic (exact) mass is 466 g/mol. The van der Waals surface area contributed by atoms with E-state index in [-0.39, 0.29) is 5.56 Å². The molecule has 3 rings (SSSR count). The molecular weight excluding hydrogens is 448 g/mol. The molecule has 0 saturated heterocycles. The first-order valence-electron chi connectivity index (χ1n) is 8.27. The molecule has 0 aliphatic rings. The second kappa shape index (κ2) is 9.91. The van der Waals surface area contributed by atoms with Crippen molar-refractivity contribution < 1.29 is 4.74 Å². The number of nitrogens with zero attached hydrogens (tertiary/aromatic N) is 2. The highest BCUT2D eigenvalue weighted by atomic mass is 79.9. The molecule has 0 atom stereocenters. The van der Waals surface area contributed by atoms with Gasteiger partial charge in [-0.1, -0.05) is 12.1 Å². The summed E-state index contributed by atoms with van der Waals surface area (Å²) in [6.07, 6.45) is 2.16. The zero-order chi connectivity index (χ0) is 19.1. The quantitative estimate of drug-likeness (QED) is 0.465. The van der Waals surface area contributed by atoms with E-state index >= 15 is 0 Å². The number of rotatable bonds is 9. The fraction of sp³-hybridized carbons (Fsp3) is 0.278. The van der Waals surface area contributed by atoms with E-state index in [4.69, 9.17) is 4.74 Å². The highest BCUT2D eigenvalue weighted by molar-refractivity contribution is 9.10. The molecule has 1 aromatic carbocycles. The number of benzene rings is 1. The normalized spacial score (nSPS) is 10.7. The van der Waals surface area contributed by atoms with Crippen LogP contribution in [-0.2, 0) is 12.2 Å². The summed E-state index contributed by atoms with van der Waals surface area (Å²) in [5.74, 6) is 3.04. The number of methoxy groups -OCH3 is 1. The Morgan fingerprint density at radius 3 is 2.81 bits per heavy atom. The van der Waals surface area contributed by atoms with Gasteiger partial charge in [-0.15, -0.1) is 0 Å². The van der Waals surface area contributed by atoms with E-state index in [0.717, 1.165) is 33.0 Å². The van der Waals surface area contributed by atoms with E-state index in [1.807, 2.05) is 29.6 Å². The average molecular weight is 467 g/mol. The molecule has 6 nitrogen and oxygen atoms in total. The van der Waals surface area contributed by atoms with Gasteiger partial charge in [-0.25, -0.2) is 4.98 Å². The molecule has 3 aromatic rings. The molecule has 27 heavy (non-hydrogen) atoms. The van der Waals surface area contributed by atoms with Crippen molar-refractivity contribution in [1.82, 2.24) is 14.3 Å². The summed E-state index contributed by atoms with van der Waals surface area (Å²) >= 11 is 6.71. The van der Waals surface area contributed by atoms with Crippen LogP contribution in [0.15, 0.2) is 45.1 Å². The van der Waals surface area contributed by atoms with E-state index in [9.17, 15) is 4.79 Å². The second-order valence-corrected chi connectivity index (χ2v) is 8.29. The molecular formula is C18H19BrN4O2S2. The minimum absolute atomic E-state index is 0.123. The van der Waals surface area contributed by atoms with Crippen LogP contribution >= 0.6 is 39.2 Å². The molecule has 0 spiro atoms. The summed E-state index contributed by atoms with van der Waals surface area (Å²) in [4.78, 5) is 19.4. The highest BCUT2D eigenvalue weighted by Crippen LogP contribution is 2.22. The second-order valence-electron chi connectivity index (χ2n) is 5.70. The summed E-state index contributed by atoms with van der Waals surface area (Å²) < 4.78 is 10.5. The summed E-state index contributed by atoms with van der Waals surface area (Å²) in [5, 5.41) is 5.14. The zero-order valence-corrected chi connectivity index (χ0v) is 17.9. The lowest BCUT2D eigenvalue weighted by Gasteiger charge is -2.07. The average Bonchev–Trinajstić information content (AvgIpc) is 3.09. The van der Waals surface area contributed by atoms with Crippen molar-refractivity contribution in [1.29, 1.82) is 0 Å². The summed E-state index contributed by atoms with van der Waals surface area (Å²) in [6, 6.07) is 7.66. The molecule has 0 fully saturated rings. The van der Waals surface area contributed by atoms with Crippen LogP contribution in [0, 0.1) is 0 Å². The van der Waals surface area contributed by atoms with Crippen molar-refractivity contribution in [2.75, 3.05) is 24.7 Å². The van der Waals surface area contributed by atoms with Gasteiger partial charge in [0.1, 0.15) is 5.75 Å². The Morgan fingerprint density at radius 1 is 1.33 bits per heavy atom. The number of H-pyrrole nitrogens is 1. The Balaban J connectivity index is 1.47. The first-order valence-corrected chi connectivity index (χ1v) is 11.1. The number of aromatic nitrogens is 3. The van der Waals surface area contributed by atoms with Crippen LogP contribution in [-0.4, -0.2) is 33.7 Å². The van der Waals surface area contributed by atoms with Crippen LogP contribution in [0.1, 0.15) is 16.8 Å². The Hall–Kier alpha value is -1.84. The van der Waals surface area contributed by atoms with Gasteiger partial charge in [0.15, 0.2) is 0 Å². The molecule has 0 aliphatic carbocycles. The maximum atomic E-state index is 12.3. The Morgan fingerprint density at radius 2 is 2.15 bits per heavy atom. The molecule has 0 aliphatic heterocycles. The molecule has 0 amide bonds. The lowest BCUT2D eigenvalue weighted by molar-refractivity contribution is 0.414. The van der Waals surface area contributed by atoms with E-state index in [2.05, 4.69) is 35.6 Å². The topological polar surface area (TPSA) is 79.9 Å². The first-order chi connectivity index (χ1) is 13.2. The minimum atomic E-state index is -0.123. The summed E-state index contributed by atoms with van der Waals surface area (Å²) in [6.45, 7) is 0.715. The van der Waals surface area contributed by atoms with Gasteiger partial charge in [0, 0.05) is 41.6 Å². The van der Waals surface area contributed by atoms with Gasteiger partial charge in [-0.05, 0) is 45.2 Å². The van der Waals surface area contributed by atoms with Gasteiger partial charge in [-0.2, -0.15) is 16.1 Å². The van der Waals surface area contributed by atoms with Crippen molar-refractivity contribution in [3.63, 3.8) is 0 Å². The maximum absolute atomic E-state index is 12.3. The molecule has 9 heteroatoms. The first kappa shape index (κ1) is 19.9. The number of hydrogen-bond donors (Lipinski definition) is 2. The van der Waals surface area contributed by atoms with Gasteiger partial charge in [-0.3, -0.25) is 9.78 Å². The molecule has 0 radical (unpaired) electrons. The number of hydrogen-bond acceptors (Lipinski definition) is 7. The van der Waals surface area contributed by atoms with Gasteiger partial charge < -0.3 is 10.1 Å².